The molecule has 0 aliphatic heterocycles. The average Bonchev–Trinajstić information content (AvgIpc) is 2.83. The molecule has 1 fully saturated rings. The van der Waals surface area contributed by atoms with Gasteiger partial charge in [-0.1, -0.05) is 30.6 Å². The summed E-state index contributed by atoms with van der Waals surface area (Å²) < 4.78 is 2.69. The fourth-order valence-corrected chi connectivity index (χ4v) is 4.26. The maximum atomic E-state index is 12.1. The Morgan fingerprint density at radius 1 is 1.26 bits per heavy atom. The Bertz CT molecular complexity index is 757. The van der Waals surface area contributed by atoms with Crippen molar-refractivity contribution < 1.29 is 4.79 Å². The number of rotatable bonds is 3. The van der Waals surface area contributed by atoms with Gasteiger partial charge in [0.1, 0.15) is 0 Å². The van der Waals surface area contributed by atoms with Gasteiger partial charge in [-0.2, -0.15) is 0 Å². The van der Waals surface area contributed by atoms with Crippen molar-refractivity contribution in [3.8, 4) is 0 Å². The highest BCUT2D eigenvalue weighted by Crippen LogP contribution is 2.24. The average molecular weight is 333 g/mol. The number of nitrogens with zero attached hydrogens (tertiary/aromatic N) is 1. The lowest BCUT2D eigenvalue weighted by Gasteiger charge is -2.22. The zero-order valence-corrected chi connectivity index (χ0v) is 14.4. The molecule has 2 amide bonds. The fraction of sp³-hybridized carbons (Fsp3) is 0.529. The number of hydrogen-bond donors (Lipinski definition) is 2. The van der Waals surface area contributed by atoms with Gasteiger partial charge in [0.05, 0.1) is 10.2 Å². The van der Waals surface area contributed by atoms with Gasteiger partial charge in [0.15, 0.2) is 0 Å². The SMILES string of the molecule is CC(C)n1c(=O)sc2cc(NC(=O)NC3CCCCC3)ccc21. The number of amides is 2. The summed E-state index contributed by atoms with van der Waals surface area (Å²) in [5.41, 5.74) is 1.65. The van der Waals surface area contributed by atoms with Gasteiger partial charge in [-0.15, -0.1) is 0 Å². The van der Waals surface area contributed by atoms with Crippen LogP contribution in [0.25, 0.3) is 10.2 Å². The summed E-state index contributed by atoms with van der Waals surface area (Å²) >= 11 is 1.22. The molecule has 3 rings (SSSR count). The Labute approximate surface area is 139 Å². The van der Waals surface area contributed by atoms with Gasteiger partial charge in [-0.25, -0.2) is 4.79 Å². The number of thiazole rings is 1. The first-order valence-corrected chi connectivity index (χ1v) is 9.09. The lowest BCUT2D eigenvalue weighted by Crippen LogP contribution is -2.38. The molecule has 1 aliphatic carbocycles. The van der Waals surface area contributed by atoms with E-state index in [1.54, 1.807) is 4.57 Å². The molecule has 1 saturated carbocycles. The molecule has 0 unspecified atom stereocenters. The van der Waals surface area contributed by atoms with Crippen molar-refractivity contribution >= 4 is 33.3 Å². The maximum absolute atomic E-state index is 12.1. The minimum Gasteiger partial charge on any atom is -0.335 e. The van der Waals surface area contributed by atoms with E-state index in [1.165, 1.54) is 30.6 Å². The molecular weight excluding hydrogens is 310 g/mol. The Hall–Kier alpha value is -1.82. The summed E-state index contributed by atoms with van der Waals surface area (Å²) in [6.07, 6.45) is 5.76. The molecule has 2 N–H and O–H groups in total. The van der Waals surface area contributed by atoms with Crippen LogP contribution in [-0.4, -0.2) is 16.6 Å². The van der Waals surface area contributed by atoms with Crippen molar-refractivity contribution in [2.24, 2.45) is 0 Å². The van der Waals surface area contributed by atoms with Crippen LogP contribution in [0, 0.1) is 0 Å². The van der Waals surface area contributed by atoms with Crippen LogP contribution in [0.5, 0.6) is 0 Å². The van der Waals surface area contributed by atoms with E-state index in [0.29, 0.717) is 0 Å². The molecule has 2 aromatic rings. The third-order valence-electron chi connectivity index (χ3n) is 4.33. The van der Waals surface area contributed by atoms with E-state index in [9.17, 15) is 9.59 Å². The number of hydrogen-bond acceptors (Lipinski definition) is 3. The summed E-state index contributed by atoms with van der Waals surface area (Å²) in [7, 11) is 0. The molecule has 124 valence electrons. The number of carbonyl (C=O) groups excluding carboxylic acids is 1. The monoisotopic (exact) mass is 333 g/mol. The molecule has 6 heteroatoms. The molecule has 1 heterocycles. The summed E-state index contributed by atoms with van der Waals surface area (Å²) in [5, 5.41) is 5.92. The highest BCUT2D eigenvalue weighted by atomic mass is 32.1. The van der Waals surface area contributed by atoms with Crippen LogP contribution < -0.4 is 15.5 Å². The van der Waals surface area contributed by atoms with E-state index in [0.717, 1.165) is 28.7 Å². The van der Waals surface area contributed by atoms with Crippen molar-refractivity contribution in [2.45, 2.75) is 58.0 Å². The molecule has 23 heavy (non-hydrogen) atoms. The number of fused-ring (bicyclic) bond motifs is 1. The molecule has 0 atom stereocenters. The quantitative estimate of drug-likeness (QED) is 0.888. The van der Waals surface area contributed by atoms with Crippen molar-refractivity contribution in [1.29, 1.82) is 0 Å². The molecule has 0 spiro atoms. The lowest BCUT2D eigenvalue weighted by atomic mass is 9.96. The lowest BCUT2D eigenvalue weighted by molar-refractivity contribution is 0.244. The van der Waals surface area contributed by atoms with Crippen LogP contribution >= 0.6 is 11.3 Å². The number of nitrogens with one attached hydrogen (secondary N) is 2. The largest absolute Gasteiger partial charge is 0.335 e. The second-order valence-electron chi connectivity index (χ2n) is 6.45. The van der Waals surface area contributed by atoms with Crippen LogP contribution in [0.15, 0.2) is 23.0 Å². The van der Waals surface area contributed by atoms with Gasteiger partial charge in [-0.3, -0.25) is 9.36 Å². The Morgan fingerprint density at radius 2 is 2.00 bits per heavy atom. The Morgan fingerprint density at radius 3 is 2.70 bits per heavy atom. The topological polar surface area (TPSA) is 63.1 Å². The van der Waals surface area contributed by atoms with Gasteiger partial charge in [0.25, 0.3) is 0 Å². The third kappa shape index (κ3) is 3.58. The van der Waals surface area contributed by atoms with Crippen molar-refractivity contribution in [3.63, 3.8) is 0 Å². The zero-order valence-electron chi connectivity index (χ0n) is 13.6. The summed E-state index contributed by atoms with van der Waals surface area (Å²) in [6.45, 7) is 3.99. The van der Waals surface area contributed by atoms with E-state index < -0.39 is 0 Å². The van der Waals surface area contributed by atoms with E-state index in [-0.39, 0.29) is 23.0 Å². The van der Waals surface area contributed by atoms with Gasteiger partial charge in [-0.05, 0) is 44.9 Å². The third-order valence-corrected chi connectivity index (χ3v) is 5.25. The predicted octanol–water partition coefficient (Wildman–Crippen LogP) is 4.10. The summed E-state index contributed by atoms with van der Waals surface area (Å²) in [4.78, 5) is 24.2. The smallest absolute Gasteiger partial charge is 0.319 e. The molecule has 1 aromatic heterocycles. The van der Waals surface area contributed by atoms with Gasteiger partial charge < -0.3 is 10.6 Å². The van der Waals surface area contributed by atoms with Crippen LogP contribution in [0.1, 0.15) is 52.0 Å². The van der Waals surface area contributed by atoms with Crippen molar-refractivity contribution in [1.82, 2.24) is 9.88 Å². The molecule has 0 bridgehead atoms. The summed E-state index contributed by atoms with van der Waals surface area (Å²) in [6, 6.07) is 5.89. The van der Waals surface area contributed by atoms with Crippen molar-refractivity contribution in [3.05, 3.63) is 27.9 Å². The van der Waals surface area contributed by atoms with Crippen molar-refractivity contribution in [2.75, 3.05) is 5.32 Å². The highest BCUT2D eigenvalue weighted by molar-refractivity contribution is 7.16. The molecule has 1 aromatic carbocycles. The molecule has 0 saturated heterocycles. The van der Waals surface area contributed by atoms with Gasteiger partial charge >= 0.3 is 10.9 Å². The zero-order chi connectivity index (χ0) is 16.4. The Kier molecular flexibility index (Phi) is 4.71. The fourth-order valence-electron chi connectivity index (χ4n) is 3.20. The van der Waals surface area contributed by atoms with E-state index >= 15 is 0 Å². The molecule has 1 aliphatic rings. The molecular formula is C17H23N3O2S. The second kappa shape index (κ2) is 6.74. The first-order valence-electron chi connectivity index (χ1n) is 8.27. The number of aromatic nitrogens is 1. The normalized spacial score (nSPS) is 16.0. The standard InChI is InChI=1S/C17H23N3O2S/c1-11(2)20-14-9-8-13(10-15(14)23-17(20)22)19-16(21)18-12-6-4-3-5-7-12/h8-12H,3-7H2,1-2H3,(H2,18,19,21). The highest BCUT2D eigenvalue weighted by Gasteiger charge is 2.16. The second-order valence-corrected chi connectivity index (χ2v) is 7.44. The minimum absolute atomic E-state index is 0.0406. The minimum atomic E-state index is -0.160. The predicted molar refractivity (Wildman–Crippen MR) is 95.5 cm³/mol. The first kappa shape index (κ1) is 16.1. The molecule has 5 nitrogen and oxygen atoms in total. The number of benzene rings is 1. The Balaban J connectivity index is 1.73. The van der Waals surface area contributed by atoms with E-state index in [2.05, 4.69) is 10.6 Å². The van der Waals surface area contributed by atoms with Gasteiger partial charge in [0.2, 0.25) is 0 Å². The van der Waals surface area contributed by atoms with Crippen LogP contribution in [0.2, 0.25) is 0 Å². The maximum Gasteiger partial charge on any atom is 0.319 e. The van der Waals surface area contributed by atoms with E-state index in [4.69, 9.17) is 0 Å². The van der Waals surface area contributed by atoms with Crippen LogP contribution in [0.4, 0.5) is 10.5 Å². The number of urea groups is 1. The summed E-state index contributed by atoms with van der Waals surface area (Å²) in [5.74, 6) is 0. The van der Waals surface area contributed by atoms with Crippen LogP contribution in [-0.2, 0) is 0 Å². The number of anilines is 1. The van der Waals surface area contributed by atoms with Crippen LogP contribution in [0.3, 0.4) is 0 Å². The first-order chi connectivity index (χ1) is 11.0. The van der Waals surface area contributed by atoms with Gasteiger partial charge in [0, 0.05) is 17.8 Å². The van der Waals surface area contributed by atoms with E-state index in [1.807, 2.05) is 32.0 Å². The number of carbonyl (C=O) groups is 1. The molecule has 0 radical (unpaired) electrons.